The Balaban J connectivity index is 0.000000135. The summed E-state index contributed by atoms with van der Waals surface area (Å²) >= 11 is 0. The quantitative estimate of drug-likeness (QED) is 0.0448. The lowest BCUT2D eigenvalue weighted by atomic mass is 9.86. The van der Waals surface area contributed by atoms with Gasteiger partial charge in [-0.2, -0.15) is 0 Å². The van der Waals surface area contributed by atoms with Gasteiger partial charge < -0.3 is 76.8 Å². The highest BCUT2D eigenvalue weighted by atomic mass is 16.2. The van der Waals surface area contributed by atoms with Crippen LogP contribution in [0.15, 0.2) is 243 Å². The van der Waals surface area contributed by atoms with E-state index < -0.39 is 96.5 Å². The van der Waals surface area contributed by atoms with E-state index in [0.29, 0.717) is 155 Å². The summed E-state index contributed by atoms with van der Waals surface area (Å²) in [5.41, 5.74) is 7.85. The third-order valence-corrected chi connectivity index (χ3v) is 31.4. The molecule has 8 aromatic rings. The average Bonchev–Trinajstić information content (AvgIpc) is 1.67. The summed E-state index contributed by atoms with van der Waals surface area (Å²) < 4.78 is 0. The van der Waals surface area contributed by atoms with Gasteiger partial charge in [0.25, 0.3) is 0 Å². The lowest BCUT2D eigenvalue weighted by Gasteiger charge is -2.33. The van der Waals surface area contributed by atoms with E-state index in [1.54, 1.807) is 34.3 Å². The van der Waals surface area contributed by atoms with E-state index in [1.165, 1.54) is 0 Å². The molecule has 782 valence electrons. The lowest BCUT2D eigenvalue weighted by Crippen LogP contribution is -2.56. The average molecular weight is 2020 g/mol. The third-order valence-electron chi connectivity index (χ3n) is 31.4. The Labute approximate surface area is 871 Å². The number of ketones is 1. The van der Waals surface area contributed by atoms with Crippen LogP contribution in [0.4, 0.5) is 0 Å². The van der Waals surface area contributed by atoms with Gasteiger partial charge in [-0.05, 0) is 179 Å². The Bertz CT molecular complexity index is 5750. The fourth-order valence-electron chi connectivity index (χ4n) is 24.1. The highest BCUT2D eigenvalue weighted by Crippen LogP contribution is 2.38. The molecular formula is C118H139N15O16. The number of benzene rings is 8. The standard InChI is InChI=1S/C30H36N4O4.C30H35N3O4.2C29H34N4O4/c35-27-19-23(17-21-9-3-1-4-10-21)32-29(37)25-13-7-16-34(25)30(38)26-14-8-15-33(26)28(36)20-24(31-27)18-22-11-5-2-6-12-22;34-27-19-22(17-20-9-3-1-4-10-20)31-29(36)24-14-7-13-23(24)28(35)26-15-8-16-33(26)30(37)25(32-27)18-21-11-5-2-6-12-21;34-26-19-22(17-20-9-3-1-4-10-20)30-27(35)23(18-21-11-5-2-6-12-21)31-28(36)24-13-7-16-33(24)29(37)25-14-8-15-32(25)26;34-26-19-22(17-20-9-3-1-4-10-20)30-27(35)24-13-7-15-32(24)29(37)25-14-8-16-33(25)28(36)23(31-26)18-21-11-5-2-6-12-21/h1-6,9-12,23-26H,7-8,13-20H2,(H,31,35)(H,32,37);1-6,9-12,22-26H,7-8,13-19H2,(H,31,36)(H,32,34);1-6,9-12,22-25H,7-8,13-19H2,(H,30,35)(H,31,36);1-6,9-12,22-25H,7-8,13-19H2,(H,30,35)(H,31,34)/t23-,24-,25-,26-;22-,23?,24+,25+,26-;2*22-,23-,24-,25-/m0000/s1. The lowest BCUT2D eigenvalue weighted by molar-refractivity contribution is -0.147. The van der Waals surface area contributed by atoms with Gasteiger partial charge in [0, 0.05) is 139 Å². The third kappa shape index (κ3) is 27.5. The molecule has 8 aromatic carbocycles. The van der Waals surface area contributed by atoms with Crippen molar-refractivity contribution < 1.29 is 76.7 Å². The minimum Gasteiger partial charge on any atom is -0.352 e. The zero-order chi connectivity index (χ0) is 104. The second-order valence-electron chi connectivity index (χ2n) is 41.9. The van der Waals surface area contributed by atoms with Crippen molar-refractivity contribution in [1.82, 2.24) is 76.8 Å². The molecule has 20 rings (SSSR count). The molecule has 17 atom stereocenters. The van der Waals surface area contributed by atoms with Crippen LogP contribution < -0.4 is 42.5 Å². The molecule has 12 fully saturated rings. The Hall–Kier alpha value is -14.5. The molecule has 11 aliphatic heterocycles. The number of carbonyl (C=O) groups excluding carboxylic acids is 16. The normalized spacial score (nSPS) is 27.4. The minimum absolute atomic E-state index is 0.00661. The summed E-state index contributed by atoms with van der Waals surface area (Å²) in [6.07, 6.45) is 15.3. The first-order chi connectivity index (χ1) is 72.4. The van der Waals surface area contributed by atoms with Crippen molar-refractivity contribution in [2.75, 3.05) is 45.8 Å². The first kappa shape index (κ1) is 106. The predicted molar refractivity (Wildman–Crippen MR) is 559 cm³/mol. The van der Waals surface area contributed by atoms with Gasteiger partial charge in [0.05, 0.1) is 6.04 Å². The Morgan fingerprint density at radius 3 is 0.758 bits per heavy atom. The molecule has 1 saturated carbocycles. The fourth-order valence-corrected chi connectivity index (χ4v) is 24.1. The van der Waals surface area contributed by atoms with Gasteiger partial charge in [0.1, 0.15) is 54.4 Å². The zero-order valence-electron chi connectivity index (χ0n) is 84.7. The van der Waals surface area contributed by atoms with E-state index in [4.69, 9.17) is 0 Å². The number of carbonyl (C=O) groups is 16. The predicted octanol–water partition coefficient (Wildman–Crippen LogP) is 8.69. The molecule has 31 nitrogen and oxygen atoms in total. The smallest absolute Gasteiger partial charge is 0.246 e. The number of Topliss-reactive ketones (excluding diaryl/α,β-unsaturated/α-hetero) is 1. The molecule has 0 radical (unpaired) electrons. The van der Waals surface area contributed by atoms with Gasteiger partial charge in [-0.25, -0.2) is 0 Å². The highest BCUT2D eigenvalue weighted by molar-refractivity contribution is 6.00. The van der Waals surface area contributed by atoms with Gasteiger partial charge >= 0.3 is 0 Å². The van der Waals surface area contributed by atoms with Crippen molar-refractivity contribution in [2.24, 2.45) is 11.8 Å². The summed E-state index contributed by atoms with van der Waals surface area (Å²) in [6.45, 7) is 3.50. The van der Waals surface area contributed by atoms with E-state index >= 15 is 0 Å². The van der Waals surface area contributed by atoms with Crippen molar-refractivity contribution in [2.45, 2.75) is 283 Å². The maximum atomic E-state index is 13.8. The van der Waals surface area contributed by atoms with Crippen LogP contribution in [0.5, 0.6) is 0 Å². The second-order valence-corrected chi connectivity index (χ2v) is 41.9. The molecule has 1 unspecified atom stereocenters. The summed E-state index contributed by atoms with van der Waals surface area (Å²) in [4.78, 5) is 228. The van der Waals surface area contributed by atoms with Gasteiger partial charge in [0.2, 0.25) is 88.6 Å². The minimum atomic E-state index is -0.818. The van der Waals surface area contributed by atoms with Crippen LogP contribution >= 0.6 is 0 Å². The first-order valence-electron chi connectivity index (χ1n) is 53.8. The molecule has 8 N–H and O–H groups in total. The van der Waals surface area contributed by atoms with Crippen LogP contribution in [0.25, 0.3) is 0 Å². The van der Waals surface area contributed by atoms with Crippen LogP contribution in [0, 0.1) is 11.8 Å². The SMILES string of the molecule is O=C1C[C@H](Cc2ccccc2)NC(=O)[C@@H]2CCCC2C(=O)[C@@H]2CCCN2C(=O)[C@@H](Cc2ccccc2)N1.O=C1C[C@H](Cc2ccccc2)NC(=O)[C@@H]2CCCN2C(=O)[C@@H]2CCCN2C(=O)C[C@H](Cc2ccccc2)N1.O=C1C[C@H](Cc2ccccc2)NC(=O)[C@@H]2CCCN2C(=O)[C@@H]2CCCN2C(=O)[C@H](Cc2ccccc2)N1.O=C1N[C@@H](Cc2ccccc2)CC(=O)N2CCC[C@H]2C(=O)N2CCC[C@H]2C(=O)N[C@H]1Cc1ccccc1. The summed E-state index contributed by atoms with van der Waals surface area (Å²) in [7, 11) is 0. The molecule has 11 heterocycles. The van der Waals surface area contributed by atoms with Crippen LogP contribution in [0.2, 0.25) is 0 Å². The van der Waals surface area contributed by atoms with Crippen LogP contribution in [0.1, 0.15) is 186 Å². The number of hydrogen-bond donors (Lipinski definition) is 8. The molecule has 1 aliphatic carbocycles. The molecule has 11 saturated heterocycles. The number of rotatable bonds is 16. The highest BCUT2D eigenvalue weighted by Gasteiger charge is 2.51. The molecule has 31 heteroatoms. The second kappa shape index (κ2) is 50.9. The van der Waals surface area contributed by atoms with Gasteiger partial charge in [0.15, 0.2) is 5.78 Å². The van der Waals surface area contributed by atoms with E-state index in [0.717, 1.165) is 95.9 Å². The van der Waals surface area contributed by atoms with Crippen LogP contribution in [0.3, 0.4) is 0 Å². The molecule has 0 spiro atoms. The van der Waals surface area contributed by atoms with E-state index in [-0.39, 0.29) is 132 Å². The molecule has 12 aliphatic rings. The van der Waals surface area contributed by atoms with Crippen molar-refractivity contribution in [3.63, 3.8) is 0 Å². The monoisotopic (exact) mass is 2020 g/mol. The number of nitrogens with zero attached hydrogens (tertiary/aromatic N) is 7. The number of hydrogen-bond acceptors (Lipinski definition) is 16. The number of nitrogens with one attached hydrogen (secondary N) is 8. The van der Waals surface area contributed by atoms with Crippen LogP contribution in [-0.4, -0.2) is 265 Å². The zero-order valence-corrected chi connectivity index (χ0v) is 84.7. The molecular weight excluding hydrogens is 1880 g/mol. The topological polar surface area (TPSA) is 392 Å². The molecule has 0 aromatic heterocycles. The van der Waals surface area contributed by atoms with Crippen molar-refractivity contribution >= 4 is 94.4 Å². The number of fused-ring (bicyclic) bond motifs is 8. The van der Waals surface area contributed by atoms with Gasteiger partial charge in [-0.3, -0.25) is 76.7 Å². The van der Waals surface area contributed by atoms with E-state index in [2.05, 4.69) is 42.5 Å². The molecule has 0 bridgehead atoms. The summed E-state index contributed by atoms with van der Waals surface area (Å²) in [6, 6.07) is 68.9. The molecule has 149 heavy (non-hydrogen) atoms. The first-order valence-corrected chi connectivity index (χ1v) is 53.8. The Kier molecular flexibility index (Phi) is 36.2. The largest absolute Gasteiger partial charge is 0.352 e. The van der Waals surface area contributed by atoms with Crippen molar-refractivity contribution in [3.05, 3.63) is 287 Å². The van der Waals surface area contributed by atoms with E-state index in [1.807, 2.05) is 243 Å². The summed E-state index contributed by atoms with van der Waals surface area (Å²) in [5.74, 6) is -3.93. The molecule has 15 amide bonds. The Morgan fingerprint density at radius 1 is 0.188 bits per heavy atom. The van der Waals surface area contributed by atoms with Crippen LogP contribution in [-0.2, 0) is 128 Å². The number of amides is 15. The van der Waals surface area contributed by atoms with Gasteiger partial charge in [-0.15, -0.1) is 0 Å². The van der Waals surface area contributed by atoms with Crippen molar-refractivity contribution in [3.8, 4) is 0 Å². The fraction of sp³-hybridized carbons (Fsp3) is 0.458. The maximum absolute atomic E-state index is 13.8. The van der Waals surface area contributed by atoms with Crippen molar-refractivity contribution in [1.29, 1.82) is 0 Å². The van der Waals surface area contributed by atoms with Gasteiger partial charge in [-0.1, -0.05) is 249 Å². The maximum Gasteiger partial charge on any atom is 0.246 e. The van der Waals surface area contributed by atoms with E-state index in [9.17, 15) is 76.7 Å². The summed E-state index contributed by atoms with van der Waals surface area (Å²) in [5, 5.41) is 24.3. The Morgan fingerprint density at radius 2 is 0.423 bits per heavy atom.